The van der Waals surface area contributed by atoms with Crippen molar-refractivity contribution < 1.29 is 4.79 Å². The van der Waals surface area contributed by atoms with Crippen LogP contribution in [0.3, 0.4) is 0 Å². The fourth-order valence-corrected chi connectivity index (χ4v) is 2.61. The maximum Gasteiger partial charge on any atom is 0.234 e. The molecule has 4 heteroatoms. The van der Waals surface area contributed by atoms with Gasteiger partial charge in [-0.05, 0) is 26.8 Å². The topological polar surface area (TPSA) is 68.7 Å². The van der Waals surface area contributed by atoms with E-state index in [1.807, 2.05) is 51.1 Å². The molecule has 0 unspecified atom stereocenters. The van der Waals surface area contributed by atoms with Gasteiger partial charge < -0.3 is 10.3 Å². The predicted octanol–water partition coefficient (Wildman–Crippen LogP) is 2.74. The van der Waals surface area contributed by atoms with Crippen LogP contribution >= 0.6 is 0 Å². The highest BCUT2D eigenvalue weighted by Gasteiger charge is 2.27. The minimum Gasteiger partial charge on any atom is -0.358 e. The Balaban J connectivity index is 2.45. The van der Waals surface area contributed by atoms with Crippen molar-refractivity contribution in [2.75, 3.05) is 0 Å². The van der Waals surface area contributed by atoms with Gasteiger partial charge in [-0.15, -0.1) is 0 Å². The van der Waals surface area contributed by atoms with Crippen LogP contribution in [0.1, 0.15) is 31.5 Å². The van der Waals surface area contributed by atoms with Gasteiger partial charge in [0.15, 0.2) is 0 Å². The number of para-hydroxylation sites is 1. The molecule has 0 radical (unpaired) electrons. The van der Waals surface area contributed by atoms with Crippen LogP contribution in [0.4, 0.5) is 0 Å². The van der Waals surface area contributed by atoms with Gasteiger partial charge in [0.25, 0.3) is 0 Å². The number of fused-ring (bicyclic) bond motifs is 1. The minimum absolute atomic E-state index is 0.120. The number of nitrogens with one attached hydrogen (secondary N) is 2. The van der Waals surface area contributed by atoms with E-state index in [0.29, 0.717) is 0 Å². The molecule has 0 aliphatic carbocycles. The molecule has 2 rings (SSSR count). The third-order valence-corrected chi connectivity index (χ3v) is 3.21. The number of H-pyrrole nitrogens is 1. The summed E-state index contributed by atoms with van der Waals surface area (Å²) in [6, 6.07) is 9.87. The van der Waals surface area contributed by atoms with E-state index in [2.05, 4.69) is 10.3 Å². The Morgan fingerprint density at radius 2 is 2.11 bits per heavy atom. The molecule has 98 valence electrons. The first kappa shape index (κ1) is 13.2. The summed E-state index contributed by atoms with van der Waals surface area (Å²) in [6.07, 6.45) is -0.120. The number of nitriles is 1. The van der Waals surface area contributed by atoms with Gasteiger partial charge >= 0.3 is 0 Å². The van der Waals surface area contributed by atoms with Gasteiger partial charge in [-0.2, -0.15) is 5.26 Å². The number of hydrogen-bond donors (Lipinski definition) is 2. The van der Waals surface area contributed by atoms with Crippen LogP contribution in [0.2, 0.25) is 0 Å². The molecule has 2 aromatic rings. The van der Waals surface area contributed by atoms with Crippen LogP contribution < -0.4 is 5.32 Å². The lowest BCUT2D eigenvalue weighted by Gasteiger charge is -2.27. The third kappa shape index (κ3) is 2.45. The van der Waals surface area contributed by atoms with Crippen molar-refractivity contribution in [3.05, 3.63) is 35.5 Å². The zero-order valence-corrected chi connectivity index (χ0v) is 11.4. The highest BCUT2D eigenvalue weighted by molar-refractivity contribution is 5.87. The van der Waals surface area contributed by atoms with Gasteiger partial charge in [-0.25, -0.2) is 0 Å². The summed E-state index contributed by atoms with van der Waals surface area (Å²) < 4.78 is 0. The van der Waals surface area contributed by atoms with Crippen LogP contribution in [0.25, 0.3) is 10.9 Å². The molecule has 0 saturated heterocycles. The summed E-state index contributed by atoms with van der Waals surface area (Å²) in [5.41, 5.74) is 2.63. The van der Waals surface area contributed by atoms with Gasteiger partial charge in [0.2, 0.25) is 5.91 Å². The third-order valence-electron chi connectivity index (χ3n) is 3.21. The first-order chi connectivity index (χ1) is 8.95. The maximum absolute atomic E-state index is 11.7. The zero-order chi connectivity index (χ0) is 14.0. The summed E-state index contributed by atoms with van der Waals surface area (Å²) in [7, 11) is 0. The Kier molecular flexibility index (Phi) is 3.30. The quantitative estimate of drug-likeness (QED) is 0.885. The number of nitrogens with zero attached hydrogens (tertiary/aromatic N) is 1. The van der Waals surface area contributed by atoms with Gasteiger partial charge in [-0.3, -0.25) is 4.79 Å². The number of aromatic amines is 1. The molecule has 0 aliphatic rings. The molecular weight excluding hydrogens is 238 g/mol. The maximum atomic E-state index is 11.7. The molecule has 1 amide bonds. The molecule has 0 bridgehead atoms. The molecular formula is C15H17N3O. The average molecular weight is 255 g/mol. The van der Waals surface area contributed by atoms with Crippen LogP contribution in [0.15, 0.2) is 24.3 Å². The Morgan fingerprint density at radius 1 is 1.42 bits per heavy atom. The normalized spacial score (nSPS) is 11.3. The van der Waals surface area contributed by atoms with Crippen LogP contribution in [-0.4, -0.2) is 10.9 Å². The van der Waals surface area contributed by atoms with Crippen molar-refractivity contribution in [3.8, 4) is 6.07 Å². The van der Waals surface area contributed by atoms with Gasteiger partial charge in [-0.1, -0.05) is 18.2 Å². The van der Waals surface area contributed by atoms with Crippen molar-refractivity contribution in [2.45, 2.75) is 32.7 Å². The molecule has 4 nitrogen and oxygen atoms in total. The summed E-state index contributed by atoms with van der Waals surface area (Å²) in [4.78, 5) is 15.0. The fraction of sp³-hybridized carbons (Fsp3) is 0.333. The number of rotatable bonds is 3. The Labute approximate surface area is 112 Å². The number of benzene rings is 1. The highest BCUT2D eigenvalue weighted by atomic mass is 16.1. The van der Waals surface area contributed by atoms with Crippen LogP contribution in [-0.2, 0) is 10.3 Å². The second-order valence-electron chi connectivity index (χ2n) is 5.18. The second-order valence-corrected chi connectivity index (χ2v) is 5.18. The zero-order valence-electron chi connectivity index (χ0n) is 11.4. The van der Waals surface area contributed by atoms with E-state index in [1.54, 1.807) is 0 Å². The van der Waals surface area contributed by atoms with E-state index >= 15 is 0 Å². The summed E-state index contributed by atoms with van der Waals surface area (Å²) >= 11 is 0. The lowest BCUT2D eigenvalue weighted by molar-refractivity contribution is -0.121. The Bertz CT molecular complexity index is 662. The van der Waals surface area contributed by atoms with Crippen LogP contribution in [0, 0.1) is 18.3 Å². The van der Waals surface area contributed by atoms with Crippen molar-refractivity contribution in [1.29, 1.82) is 5.26 Å². The highest BCUT2D eigenvalue weighted by Crippen LogP contribution is 2.31. The van der Waals surface area contributed by atoms with E-state index in [1.165, 1.54) is 0 Å². The van der Waals surface area contributed by atoms with Gasteiger partial charge in [0, 0.05) is 22.2 Å². The summed E-state index contributed by atoms with van der Waals surface area (Å²) in [5, 5.41) is 12.6. The van der Waals surface area contributed by atoms with E-state index in [-0.39, 0.29) is 12.3 Å². The molecule has 1 aromatic carbocycles. The summed E-state index contributed by atoms with van der Waals surface area (Å²) in [6.45, 7) is 5.89. The monoisotopic (exact) mass is 255 g/mol. The lowest BCUT2D eigenvalue weighted by atomic mass is 9.91. The molecule has 0 saturated carbocycles. The lowest BCUT2D eigenvalue weighted by Crippen LogP contribution is -2.41. The number of carbonyl (C=O) groups is 1. The van der Waals surface area contributed by atoms with Crippen LogP contribution in [0.5, 0.6) is 0 Å². The SMILES string of the molecule is Cc1[nH]c2ccccc2c1C(C)(C)NC(=O)CC#N. The molecule has 0 atom stereocenters. The van der Waals surface area contributed by atoms with E-state index < -0.39 is 5.54 Å². The molecule has 0 fully saturated rings. The molecule has 0 aliphatic heterocycles. The first-order valence-electron chi connectivity index (χ1n) is 6.21. The van der Waals surface area contributed by atoms with Gasteiger partial charge in [0.1, 0.15) is 6.42 Å². The van der Waals surface area contributed by atoms with Crippen molar-refractivity contribution in [1.82, 2.24) is 10.3 Å². The van der Waals surface area contributed by atoms with Crippen molar-refractivity contribution in [3.63, 3.8) is 0 Å². The molecule has 0 spiro atoms. The molecule has 19 heavy (non-hydrogen) atoms. The van der Waals surface area contributed by atoms with Crippen molar-refractivity contribution in [2.24, 2.45) is 0 Å². The predicted molar refractivity (Wildman–Crippen MR) is 74.4 cm³/mol. The molecule has 1 heterocycles. The Morgan fingerprint density at radius 3 is 2.79 bits per heavy atom. The second kappa shape index (κ2) is 4.77. The van der Waals surface area contributed by atoms with E-state index in [4.69, 9.17) is 5.26 Å². The van der Waals surface area contributed by atoms with Crippen molar-refractivity contribution >= 4 is 16.8 Å². The molecule has 1 aromatic heterocycles. The minimum atomic E-state index is -0.516. The van der Waals surface area contributed by atoms with Gasteiger partial charge in [0.05, 0.1) is 11.6 Å². The number of amides is 1. The largest absolute Gasteiger partial charge is 0.358 e. The average Bonchev–Trinajstić information content (AvgIpc) is 2.64. The fourth-order valence-electron chi connectivity index (χ4n) is 2.61. The smallest absolute Gasteiger partial charge is 0.234 e. The summed E-state index contributed by atoms with van der Waals surface area (Å²) in [5.74, 6) is -0.253. The number of carbonyl (C=O) groups excluding carboxylic acids is 1. The molecule has 2 N–H and O–H groups in total. The number of hydrogen-bond acceptors (Lipinski definition) is 2. The number of aromatic nitrogens is 1. The first-order valence-corrected chi connectivity index (χ1v) is 6.21. The van der Waals surface area contributed by atoms with E-state index in [0.717, 1.165) is 22.2 Å². The standard InChI is InChI=1S/C15H17N3O/c1-10-14(11-6-4-5-7-12(11)17-10)15(2,3)18-13(19)8-9-16/h4-7,17H,8H2,1-3H3,(H,18,19). The van der Waals surface area contributed by atoms with E-state index in [9.17, 15) is 4.79 Å². The number of aryl methyl sites for hydroxylation is 1. The Hall–Kier alpha value is -2.28.